The van der Waals surface area contributed by atoms with Gasteiger partial charge in [-0.25, -0.2) is 0 Å². The fourth-order valence-electron chi connectivity index (χ4n) is 3.55. The molecule has 0 spiro atoms. The number of carbonyl (C=O) groups is 4. The van der Waals surface area contributed by atoms with Crippen molar-refractivity contribution in [2.75, 3.05) is 11.9 Å². The smallest absolute Gasteiger partial charge is 0.326 e. The average Bonchev–Trinajstić information content (AvgIpc) is 2.90. The normalized spacial score (nSPS) is 22.0. The lowest BCUT2D eigenvalue weighted by atomic mass is 9.85. The average molecular weight is 384 g/mol. The highest BCUT2D eigenvalue weighted by Gasteiger charge is 2.47. The van der Waals surface area contributed by atoms with Crippen LogP contribution < -0.4 is 5.32 Å². The number of rotatable bonds is 5. The van der Waals surface area contributed by atoms with Gasteiger partial charge in [0, 0.05) is 5.69 Å². The summed E-state index contributed by atoms with van der Waals surface area (Å²) in [5.41, 5.74) is 2.53. The second-order valence-corrected chi connectivity index (χ2v) is 7.36. The minimum Gasteiger partial charge on any atom is -0.451 e. The van der Waals surface area contributed by atoms with Crippen molar-refractivity contribution in [2.24, 2.45) is 11.8 Å². The minimum atomic E-state index is -1.05. The molecule has 1 aliphatic heterocycles. The molecule has 1 heterocycles. The van der Waals surface area contributed by atoms with E-state index in [1.54, 1.807) is 0 Å². The molecule has 3 amide bonds. The number of esters is 1. The summed E-state index contributed by atoms with van der Waals surface area (Å²) in [6, 6.07) is 5.66. The molecule has 7 heteroatoms. The first-order chi connectivity index (χ1) is 13.3. The van der Waals surface area contributed by atoms with E-state index in [1.165, 1.54) is 6.92 Å². The summed E-state index contributed by atoms with van der Waals surface area (Å²) >= 11 is 0. The van der Waals surface area contributed by atoms with Crippen LogP contribution in [0.2, 0.25) is 0 Å². The Hall–Kier alpha value is -2.96. The predicted octanol–water partition coefficient (Wildman–Crippen LogP) is 2.12. The van der Waals surface area contributed by atoms with Gasteiger partial charge in [0.25, 0.3) is 5.91 Å². The Morgan fingerprint density at radius 1 is 1.14 bits per heavy atom. The van der Waals surface area contributed by atoms with E-state index in [2.05, 4.69) is 5.32 Å². The Morgan fingerprint density at radius 3 is 2.36 bits per heavy atom. The molecule has 0 unspecified atom stereocenters. The zero-order valence-electron chi connectivity index (χ0n) is 16.2. The summed E-state index contributed by atoms with van der Waals surface area (Å²) in [4.78, 5) is 50.3. The maximum absolute atomic E-state index is 12.4. The second kappa shape index (κ2) is 7.96. The molecule has 1 fully saturated rings. The van der Waals surface area contributed by atoms with Gasteiger partial charge in [-0.15, -0.1) is 0 Å². The van der Waals surface area contributed by atoms with Crippen molar-refractivity contribution in [1.82, 2.24) is 4.90 Å². The second-order valence-electron chi connectivity index (χ2n) is 7.36. The van der Waals surface area contributed by atoms with Crippen molar-refractivity contribution in [2.45, 2.75) is 39.7 Å². The van der Waals surface area contributed by atoms with E-state index in [4.69, 9.17) is 4.74 Å². The molecule has 1 N–H and O–H groups in total. The lowest BCUT2D eigenvalue weighted by Gasteiger charge is -2.18. The largest absolute Gasteiger partial charge is 0.451 e. The number of allylic oxidation sites excluding steroid dienone is 2. The van der Waals surface area contributed by atoms with E-state index in [0.29, 0.717) is 18.5 Å². The Labute approximate surface area is 163 Å². The number of amides is 3. The number of likely N-dealkylation sites (tertiary alicyclic amines) is 1. The number of carbonyl (C=O) groups excluding carboxylic acids is 4. The van der Waals surface area contributed by atoms with Crippen LogP contribution in [0.3, 0.4) is 0 Å². The number of nitrogens with zero attached hydrogens (tertiary/aromatic N) is 1. The van der Waals surface area contributed by atoms with E-state index in [9.17, 15) is 19.2 Å². The van der Waals surface area contributed by atoms with Crippen LogP contribution in [0.1, 0.15) is 30.9 Å². The number of nitrogens with one attached hydrogen (secondary N) is 1. The topological polar surface area (TPSA) is 92.8 Å². The molecule has 148 valence electrons. The first kappa shape index (κ1) is 19.8. The van der Waals surface area contributed by atoms with Gasteiger partial charge in [0.05, 0.1) is 11.8 Å². The highest BCUT2D eigenvalue weighted by molar-refractivity contribution is 6.07. The van der Waals surface area contributed by atoms with E-state index in [1.807, 2.05) is 44.2 Å². The Bertz CT molecular complexity index is 834. The highest BCUT2D eigenvalue weighted by atomic mass is 16.5. The molecule has 2 aliphatic rings. The summed E-state index contributed by atoms with van der Waals surface area (Å²) < 4.78 is 5.15. The number of fused-ring (bicyclic) bond motifs is 1. The summed E-state index contributed by atoms with van der Waals surface area (Å²) in [6.07, 6.45) is 3.73. The first-order valence-electron chi connectivity index (χ1n) is 9.35. The lowest BCUT2D eigenvalue weighted by Crippen LogP contribution is -2.39. The number of imide groups is 1. The Kier molecular flexibility index (Phi) is 5.63. The summed E-state index contributed by atoms with van der Waals surface area (Å²) in [5.74, 6) is -2.73. The molecule has 28 heavy (non-hydrogen) atoms. The van der Waals surface area contributed by atoms with Crippen LogP contribution in [-0.4, -0.2) is 41.2 Å². The molecule has 1 aromatic carbocycles. The lowest BCUT2D eigenvalue weighted by molar-refractivity contribution is -0.158. The van der Waals surface area contributed by atoms with Crippen molar-refractivity contribution in [3.63, 3.8) is 0 Å². The van der Waals surface area contributed by atoms with Gasteiger partial charge in [0.1, 0.15) is 6.54 Å². The van der Waals surface area contributed by atoms with Gasteiger partial charge in [-0.3, -0.25) is 24.1 Å². The quantitative estimate of drug-likeness (QED) is 0.477. The van der Waals surface area contributed by atoms with Crippen LogP contribution in [0.5, 0.6) is 0 Å². The standard InChI is InChI=1S/C21H24N2O5/c1-12-8-9-13(2)17(10-12)22-19(25)14(3)28-18(24)11-23-20(26)15-6-4-5-7-16(15)21(23)27/h4-5,8-10,14-16H,6-7,11H2,1-3H3,(H,22,25)/t14-,15-,16-/m0/s1. The maximum Gasteiger partial charge on any atom is 0.326 e. The van der Waals surface area contributed by atoms with Crippen LogP contribution >= 0.6 is 0 Å². The molecule has 3 rings (SSSR count). The van der Waals surface area contributed by atoms with Gasteiger partial charge in [0.2, 0.25) is 11.8 Å². The molecule has 0 aromatic heterocycles. The third kappa shape index (κ3) is 3.98. The fraction of sp³-hybridized carbons (Fsp3) is 0.429. The fourth-order valence-corrected chi connectivity index (χ4v) is 3.55. The number of benzene rings is 1. The maximum atomic E-state index is 12.4. The van der Waals surface area contributed by atoms with Gasteiger partial charge >= 0.3 is 5.97 Å². The van der Waals surface area contributed by atoms with Crippen LogP contribution in [-0.2, 0) is 23.9 Å². The molecule has 1 saturated heterocycles. The molecule has 3 atom stereocenters. The number of ether oxygens (including phenoxy) is 1. The number of anilines is 1. The van der Waals surface area contributed by atoms with Crippen molar-refractivity contribution >= 4 is 29.4 Å². The molecule has 7 nitrogen and oxygen atoms in total. The Morgan fingerprint density at radius 2 is 1.75 bits per heavy atom. The van der Waals surface area contributed by atoms with Crippen LogP contribution in [0.4, 0.5) is 5.69 Å². The monoisotopic (exact) mass is 384 g/mol. The molecular weight excluding hydrogens is 360 g/mol. The van der Waals surface area contributed by atoms with Crippen molar-refractivity contribution in [3.05, 3.63) is 41.5 Å². The third-order valence-corrected chi connectivity index (χ3v) is 5.21. The zero-order chi connectivity index (χ0) is 20.4. The highest BCUT2D eigenvalue weighted by Crippen LogP contribution is 2.34. The summed E-state index contributed by atoms with van der Waals surface area (Å²) in [7, 11) is 0. The van der Waals surface area contributed by atoms with Gasteiger partial charge < -0.3 is 10.1 Å². The van der Waals surface area contributed by atoms with Gasteiger partial charge in [-0.1, -0.05) is 24.3 Å². The van der Waals surface area contributed by atoms with Gasteiger partial charge in [0.15, 0.2) is 6.10 Å². The molecule has 0 bridgehead atoms. The van der Waals surface area contributed by atoms with Crippen molar-refractivity contribution in [3.8, 4) is 0 Å². The van der Waals surface area contributed by atoms with Crippen LogP contribution in [0.25, 0.3) is 0 Å². The third-order valence-electron chi connectivity index (χ3n) is 5.21. The van der Waals surface area contributed by atoms with Crippen LogP contribution in [0, 0.1) is 25.7 Å². The SMILES string of the molecule is Cc1ccc(C)c(NC(=O)[C@H](C)OC(=O)CN2C(=O)[C@H]3CC=CC[C@@H]3C2=O)c1. The molecule has 1 aromatic rings. The molecule has 0 radical (unpaired) electrons. The zero-order valence-corrected chi connectivity index (χ0v) is 16.2. The van der Waals surface area contributed by atoms with Gasteiger partial charge in [-0.05, 0) is 50.8 Å². The first-order valence-corrected chi connectivity index (χ1v) is 9.35. The molecular formula is C21H24N2O5. The van der Waals surface area contributed by atoms with E-state index >= 15 is 0 Å². The van der Waals surface area contributed by atoms with Crippen molar-refractivity contribution in [1.29, 1.82) is 0 Å². The van der Waals surface area contributed by atoms with Gasteiger partial charge in [-0.2, -0.15) is 0 Å². The summed E-state index contributed by atoms with van der Waals surface area (Å²) in [6.45, 7) is 4.77. The Balaban J connectivity index is 1.57. The van der Waals surface area contributed by atoms with E-state index < -0.39 is 36.4 Å². The predicted molar refractivity (Wildman–Crippen MR) is 102 cm³/mol. The minimum absolute atomic E-state index is 0.344. The number of hydrogen-bond donors (Lipinski definition) is 1. The summed E-state index contributed by atoms with van der Waals surface area (Å²) in [5, 5.41) is 2.74. The molecule has 0 saturated carbocycles. The van der Waals surface area contributed by atoms with Crippen molar-refractivity contribution < 1.29 is 23.9 Å². The number of hydrogen-bond acceptors (Lipinski definition) is 5. The van der Waals surface area contributed by atoms with E-state index in [0.717, 1.165) is 16.0 Å². The molecule has 1 aliphatic carbocycles. The van der Waals surface area contributed by atoms with E-state index in [-0.39, 0.29) is 11.8 Å². The number of aryl methyl sites for hydroxylation is 2. The van der Waals surface area contributed by atoms with Crippen LogP contribution in [0.15, 0.2) is 30.4 Å².